The molecule has 66 heavy (non-hydrogen) atoms. The summed E-state index contributed by atoms with van der Waals surface area (Å²) in [5, 5.41) is 22.5. The number of aliphatic hydroxyl groups is 1. The van der Waals surface area contributed by atoms with Gasteiger partial charge in [-0.1, -0.05) is 18.9 Å². The molecule has 0 radical (unpaired) electrons. The number of hydrogen-bond donors (Lipinski definition) is 5. The summed E-state index contributed by atoms with van der Waals surface area (Å²) in [7, 11) is 0. The Bertz CT molecular complexity index is 2560. The zero-order chi connectivity index (χ0) is 45.6. The molecule has 4 amide bonds. The summed E-state index contributed by atoms with van der Waals surface area (Å²) in [5.74, 6) is 1.25. The van der Waals surface area contributed by atoms with Crippen LogP contribution in [0.4, 0.5) is 44.9 Å². The first-order valence-corrected chi connectivity index (χ1v) is 23.0. The number of carbonyl (C=O) groups is 4. The van der Waals surface area contributed by atoms with Crippen molar-refractivity contribution in [1.29, 1.82) is 0 Å². The molecule has 1 unspecified atom stereocenters. The number of pyridine rings is 2. The van der Waals surface area contributed by atoms with E-state index in [2.05, 4.69) is 47.0 Å². The van der Waals surface area contributed by atoms with Crippen LogP contribution in [0.25, 0.3) is 10.9 Å². The van der Waals surface area contributed by atoms with E-state index >= 15 is 0 Å². The summed E-state index contributed by atoms with van der Waals surface area (Å²) in [5.41, 5.74) is 4.17. The fraction of sp³-hybridized carbons (Fsp3) is 0.417. The van der Waals surface area contributed by atoms with Crippen molar-refractivity contribution in [1.82, 2.24) is 35.1 Å². The van der Waals surface area contributed by atoms with Crippen LogP contribution >= 0.6 is 0 Å². The van der Waals surface area contributed by atoms with Gasteiger partial charge < -0.3 is 35.8 Å². The summed E-state index contributed by atoms with van der Waals surface area (Å²) in [4.78, 5) is 77.7. The van der Waals surface area contributed by atoms with Gasteiger partial charge in [0.2, 0.25) is 23.7 Å². The lowest BCUT2D eigenvalue weighted by Crippen LogP contribution is -2.52. The summed E-state index contributed by atoms with van der Waals surface area (Å²) in [6.07, 6.45) is 9.99. The van der Waals surface area contributed by atoms with Crippen molar-refractivity contribution in [2.75, 3.05) is 78.2 Å². The predicted molar refractivity (Wildman–Crippen MR) is 249 cm³/mol. The quantitative estimate of drug-likeness (QED) is 0.0594. The molecule has 2 aromatic carbocycles. The number of amides is 4. The van der Waals surface area contributed by atoms with Crippen molar-refractivity contribution < 1.29 is 28.7 Å². The van der Waals surface area contributed by atoms with Crippen LogP contribution in [0.5, 0.6) is 0 Å². The summed E-state index contributed by atoms with van der Waals surface area (Å²) in [6.45, 7) is 6.61. The van der Waals surface area contributed by atoms with E-state index in [0.29, 0.717) is 52.0 Å². The Hall–Kier alpha value is -6.79. The lowest BCUT2D eigenvalue weighted by molar-refractivity contribution is -0.137. The van der Waals surface area contributed by atoms with Crippen molar-refractivity contribution in [2.24, 2.45) is 5.92 Å². The van der Waals surface area contributed by atoms with Crippen LogP contribution in [-0.2, 0) is 20.9 Å². The molecule has 0 spiro atoms. The van der Waals surface area contributed by atoms with Crippen molar-refractivity contribution in [3.8, 4) is 0 Å². The molecule has 17 nitrogen and oxygen atoms in total. The molecule has 4 aliphatic heterocycles. The Balaban J connectivity index is 0.712. The molecule has 0 bridgehead atoms. The number of anilines is 7. The van der Waals surface area contributed by atoms with Crippen LogP contribution in [0.3, 0.4) is 0 Å². The normalized spacial score (nSPS) is 18.1. The first-order valence-electron chi connectivity index (χ1n) is 23.0. The van der Waals surface area contributed by atoms with Crippen molar-refractivity contribution in [2.45, 2.75) is 70.4 Å². The van der Waals surface area contributed by atoms with E-state index in [1.165, 1.54) is 17.0 Å². The number of aliphatic hydroxyl groups excluding tert-OH is 1. The van der Waals surface area contributed by atoms with Crippen LogP contribution in [0.15, 0.2) is 73.1 Å². The number of imide groups is 1. The van der Waals surface area contributed by atoms with Gasteiger partial charge in [0, 0.05) is 93.1 Å². The van der Waals surface area contributed by atoms with Gasteiger partial charge >= 0.3 is 0 Å². The van der Waals surface area contributed by atoms with Crippen LogP contribution in [0.2, 0.25) is 0 Å². The van der Waals surface area contributed by atoms with Gasteiger partial charge in [0.05, 0.1) is 23.6 Å². The Morgan fingerprint density at radius 3 is 2.36 bits per heavy atom. The van der Waals surface area contributed by atoms with Crippen LogP contribution < -0.4 is 31.1 Å². The largest absolute Gasteiger partial charge is 0.396 e. The molecule has 0 saturated carbocycles. The van der Waals surface area contributed by atoms with E-state index < -0.39 is 11.9 Å². The molecule has 1 atom stereocenters. The molecule has 344 valence electrons. The summed E-state index contributed by atoms with van der Waals surface area (Å²) in [6, 6.07) is 16.6. The predicted octanol–water partition coefficient (Wildman–Crippen LogP) is 5.73. The number of nitrogens with zero attached hydrogens (tertiary/aromatic N) is 8. The SMILES string of the molecule is O=C1CCC(N2Cc3c(NC(=O)CCCCCCN4CCN(c5ccc(Nc6cc7c(N8CCC(CO)CC8)nc(Nc8ccc(F)cc8)nc7cn6)nc5)CC4)cccc3C2=O)C(=O)N1. The lowest BCUT2D eigenvalue weighted by atomic mass is 9.98. The fourth-order valence-electron chi connectivity index (χ4n) is 9.27. The van der Waals surface area contributed by atoms with Gasteiger partial charge in [-0.3, -0.25) is 29.4 Å². The highest BCUT2D eigenvalue weighted by Crippen LogP contribution is 2.34. The number of unbranched alkanes of at least 4 members (excludes halogenated alkanes) is 3. The van der Waals surface area contributed by atoms with E-state index in [1.807, 2.05) is 18.3 Å². The minimum absolute atomic E-state index is 0.0983. The highest BCUT2D eigenvalue weighted by atomic mass is 19.1. The fourth-order valence-corrected chi connectivity index (χ4v) is 9.27. The smallest absolute Gasteiger partial charge is 0.255 e. The number of nitrogens with one attached hydrogen (secondary N) is 4. The average molecular weight is 899 g/mol. The van der Waals surface area contributed by atoms with Gasteiger partial charge in [0.1, 0.15) is 29.3 Å². The monoisotopic (exact) mass is 898 g/mol. The Morgan fingerprint density at radius 2 is 1.61 bits per heavy atom. The summed E-state index contributed by atoms with van der Waals surface area (Å²) < 4.78 is 13.6. The van der Waals surface area contributed by atoms with E-state index in [1.54, 1.807) is 36.5 Å². The van der Waals surface area contributed by atoms with E-state index in [9.17, 15) is 28.7 Å². The molecule has 18 heteroatoms. The number of carbonyl (C=O) groups excluding carboxylic acids is 4. The highest BCUT2D eigenvalue weighted by molar-refractivity contribution is 6.07. The first-order chi connectivity index (χ1) is 32.2. The third kappa shape index (κ3) is 10.3. The summed E-state index contributed by atoms with van der Waals surface area (Å²) >= 11 is 0. The number of piperazine rings is 1. The van der Waals surface area contributed by atoms with Crippen molar-refractivity contribution in [3.63, 3.8) is 0 Å². The van der Waals surface area contributed by atoms with Gasteiger partial charge in [0.25, 0.3) is 5.91 Å². The molecule has 5 N–H and O–H groups in total. The number of halogens is 1. The second-order valence-electron chi connectivity index (χ2n) is 17.5. The molecular formula is C48H55FN12O5. The number of piperidine rings is 2. The van der Waals surface area contributed by atoms with Gasteiger partial charge in [-0.2, -0.15) is 4.98 Å². The van der Waals surface area contributed by atoms with Gasteiger partial charge in [-0.15, -0.1) is 0 Å². The number of hydrogen-bond acceptors (Lipinski definition) is 14. The second-order valence-corrected chi connectivity index (χ2v) is 17.5. The first kappa shape index (κ1) is 44.4. The van der Waals surface area contributed by atoms with Gasteiger partial charge in [-0.05, 0) is 99.2 Å². The standard InChI is InChI=1S/C48H55FN12O5/c49-32-9-11-33(12-10-32)52-48-54-39-28-51-42(26-36(39)45(57-48)60-20-17-31(30-62)18-21-60)55-41-15-13-34(27-50-41)59-24-22-58(23-25-59)19-4-2-1-3-8-43(63)53-38-7-5-6-35-37(38)29-61(47(35)66)40-14-16-44(64)56-46(40)65/h5-7,9-13,15,26-28,31,40,62H,1-4,8,14,16-25,29-30H2,(H,53,63)(H,50,51,55)(H,52,54,57)(H,56,64,65). The van der Waals surface area contributed by atoms with Gasteiger partial charge in [0.15, 0.2) is 0 Å². The molecule has 9 rings (SSSR count). The van der Waals surface area contributed by atoms with E-state index in [4.69, 9.17) is 15.0 Å². The van der Waals surface area contributed by atoms with Crippen LogP contribution in [-0.4, -0.2) is 117 Å². The zero-order valence-corrected chi connectivity index (χ0v) is 36.8. The Labute approximate surface area is 382 Å². The number of benzene rings is 2. The average Bonchev–Trinajstić information content (AvgIpc) is 3.67. The Kier molecular flexibility index (Phi) is 13.6. The minimum atomic E-state index is -0.701. The van der Waals surface area contributed by atoms with Crippen LogP contribution in [0, 0.1) is 11.7 Å². The number of rotatable bonds is 16. The second kappa shape index (κ2) is 20.2. The third-order valence-corrected chi connectivity index (χ3v) is 13.1. The number of fused-ring (bicyclic) bond motifs is 2. The van der Waals surface area contributed by atoms with Crippen molar-refractivity contribution >= 4 is 75.0 Å². The third-order valence-electron chi connectivity index (χ3n) is 13.1. The Morgan fingerprint density at radius 1 is 0.818 bits per heavy atom. The maximum Gasteiger partial charge on any atom is 0.255 e. The zero-order valence-electron chi connectivity index (χ0n) is 36.8. The molecule has 5 aromatic rings. The molecule has 3 fully saturated rings. The van der Waals surface area contributed by atoms with Crippen molar-refractivity contribution in [3.05, 3.63) is 90.0 Å². The lowest BCUT2D eigenvalue weighted by Gasteiger charge is -2.36. The number of aromatic nitrogens is 4. The highest BCUT2D eigenvalue weighted by Gasteiger charge is 2.40. The molecular weight excluding hydrogens is 844 g/mol. The molecule has 3 saturated heterocycles. The maximum absolute atomic E-state index is 13.6. The minimum Gasteiger partial charge on any atom is -0.396 e. The molecule has 0 aliphatic carbocycles. The van der Waals surface area contributed by atoms with Crippen LogP contribution in [0.1, 0.15) is 73.7 Å². The molecule has 3 aromatic heterocycles. The van der Waals surface area contributed by atoms with E-state index in [-0.39, 0.29) is 55.4 Å². The molecule has 7 heterocycles. The maximum atomic E-state index is 13.6. The van der Waals surface area contributed by atoms with Gasteiger partial charge in [-0.25, -0.2) is 19.3 Å². The molecule has 4 aliphatic rings. The topological polar surface area (TPSA) is 201 Å². The van der Waals surface area contributed by atoms with E-state index in [0.717, 1.165) is 101 Å².